The number of ether oxygens (including phenoxy) is 1. The molecule has 0 amide bonds. The summed E-state index contributed by atoms with van der Waals surface area (Å²) in [4.78, 5) is 1.19. The third-order valence-electron chi connectivity index (χ3n) is 3.26. The monoisotopic (exact) mass is 276 g/mol. The van der Waals surface area contributed by atoms with E-state index in [1.54, 1.807) is 18.9 Å². The fourth-order valence-corrected chi connectivity index (χ4v) is 3.02. The van der Waals surface area contributed by atoms with E-state index in [0.29, 0.717) is 6.04 Å². The maximum absolute atomic E-state index is 9.30. The van der Waals surface area contributed by atoms with E-state index in [1.165, 1.54) is 17.7 Å². The van der Waals surface area contributed by atoms with Gasteiger partial charge >= 0.3 is 0 Å². The minimum absolute atomic E-state index is 0.396. The van der Waals surface area contributed by atoms with Crippen LogP contribution in [0.2, 0.25) is 0 Å². The van der Waals surface area contributed by atoms with Crippen LogP contribution in [0.4, 0.5) is 0 Å². The predicted octanol–water partition coefficient (Wildman–Crippen LogP) is 3.21. The Morgan fingerprint density at radius 1 is 1.53 bits per heavy atom. The topological polar surface area (TPSA) is 45.0 Å². The number of hydrogen-bond acceptors (Lipinski definition) is 4. The van der Waals surface area contributed by atoms with Crippen LogP contribution in [0.1, 0.15) is 26.2 Å². The predicted molar refractivity (Wildman–Crippen MR) is 78.5 cm³/mol. The number of nitrogens with one attached hydrogen (secondary N) is 1. The Bertz CT molecular complexity index is 467. The third-order valence-corrected chi connectivity index (χ3v) is 4.25. The highest BCUT2D eigenvalue weighted by atomic mass is 32.2. The summed E-state index contributed by atoms with van der Waals surface area (Å²) in [6, 6.07) is 11.0. The fourth-order valence-electron chi connectivity index (χ4n) is 1.90. The van der Waals surface area contributed by atoms with Crippen molar-refractivity contribution in [2.75, 3.05) is 12.9 Å². The standard InChI is InChI=1S/C15H20N2OS/c1-15(11-16,17-12-6-7-12)8-9-19-14-5-3-4-13(10-14)18-2/h3-5,10,12,17H,6-9H2,1-2H3. The lowest BCUT2D eigenvalue weighted by Gasteiger charge is -2.22. The molecule has 2 rings (SSSR count). The maximum atomic E-state index is 9.30. The molecule has 0 bridgehead atoms. The molecule has 1 aliphatic rings. The van der Waals surface area contributed by atoms with Gasteiger partial charge in [-0.1, -0.05) is 6.07 Å². The van der Waals surface area contributed by atoms with Crippen LogP contribution >= 0.6 is 11.8 Å². The van der Waals surface area contributed by atoms with Gasteiger partial charge < -0.3 is 4.74 Å². The fraction of sp³-hybridized carbons (Fsp3) is 0.533. The average Bonchev–Trinajstić information content (AvgIpc) is 3.23. The van der Waals surface area contributed by atoms with E-state index in [2.05, 4.69) is 17.5 Å². The van der Waals surface area contributed by atoms with Gasteiger partial charge in [0.05, 0.1) is 13.2 Å². The van der Waals surface area contributed by atoms with Crippen molar-refractivity contribution in [2.45, 2.75) is 42.7 Å². The lowest BCUT2D eigenvalue weighted by atomic mass is 10.0. The number of thioether (sulfide) groups is 1. The van der Waals surface area contributed by atoms with Crippen LogP contribution in [-0.4, -0.2) is 24.4 Å². The minimum Gasteiger partial charge on any atom is -0.497 e. The molecule has 102 valence electrons. The molecule has 1 atom stereocenters. The first-order valence-corrected chi connectivity index (χ1v) is 7.59. The first kappa shape index (κ1) is 14.2. The van der Waals surface area contributed by atoms with E-state index in [0.717, 1.165) is 17.9 Å². The molecule has 1 unspecified atom stereocenters. The van der Waals surface area contributed by atoms with Crippen LogP contribution in [0, 0.1) is 11.3 Å². The molecule has 0 saturated heterocycles. The maximum Gasteiger partial charge on any atom is 0.119 e. The van der Waals surface area contributed by atoms with Crippen molar-refractivity contribution >= 4 is 11.8 Å². The second-order valence-electron chi connectivity index (χ2n) is 5.14. The molecule has 1 fully saturated rings. The SMILES string of the molecule is COc1cccc(SCCC(C)(C#N)NC2CC2)c1. The van der Waals surface area contributed by atoms with Crippen molar-refractivity contribution in [3.63, 3.8) is 0 Å². The molecule has 1 N–H and O–H groups in total. The van der Waals surface area contributed by atoms with Gasteiger partial charge in [0.15, 0.2) is 0 Å². The summed E-state index contributed by atoms with van der Waals surface area (Å²) in [5.74, 6) is 1.81. The Hall–Kier alpha value is -1.18. The molecule has 0 radical (unpaired) electrons. The van der Waals surface area contributed by atoms with Gasteiger partial charge in [-0.3, -0.25) is 5.32 Å². The van der Waals surface area contributed by atoms with Gasteiger partial charge in [0.25, 0.3) is 0 Å². The van der Waals surface area contributed by atoms with Crippen molar-refractivity contribution in [3.05, 3.63) is 24.3 Å². The van der Waals surface area contributed by atoms with Gasteiger partial charge in [-0.25, -0.2) is 0 Å². The smallest absolute Gasteiger partial charge is 0.119 e. The second kappa shape index (κ2) is 6.31. The Morgan fingerprint density at radius 3 is 2.95 bits per heavy atom. The first-order valence-electron chi connectivity index (χ1n) is 6.61. The Balaban J connectivity index is 1.82. The molecule has 1 aliphatic carbocycles. The van der Waals surface area contributed by atoms with Crippen LogP contribution in [0.5, 0.6) is 5.75 Å². The molecule has 1 saturated carbocycles. The molecule has 3 nitrogen and oxygen atoms in total. The van der Waals surface area contributed by atoms with E-state index < -0.39 is 5.54 Å². The van der Waals surface area contributed by atoms with Gasteiger partial charge in [0.2, 0.25) is 0 Å². The molecule has 1 aromatic rings. The van der Waals surface area contributed by atoms with Crippen molar-refractivity contribution in [3.8, 4) is 11.8 Å². The number of nitrogens with zero attached hydrogens (tertiary/aromatic N) is 1. The van der Waals surface area contributed by atoms with Crippen molar-refractivity contribution in [1.29, 1.82) is 5.26 Å². The normalized spacial score (nSPS) is 17.5. The molecule has 19 heavy (non-hydrogen) atoms. The molecular weight excluding hydrogens is 256 g/mol. The Morgan fingerprint density at radius 2 is 2.32 bits per heavy atom. The van der Waals surface area contributed by atoms with Crippen molar-refractivity contribution < 1.29 is 4.74 Å². The van der Waals surface area contributed by atoms with E-state index in [-0.39, 0.29) is 0 Å². The van der Waals surface area contributed by atoms with E-state index in [1.807, 2.05) is 25.1 Å². The molecule has 0 aliphatic heterocycles. The zero-order valence-corrected chi connectivity index (χ0v) is 12.3. The highest BCUT2D eigenvalue weighted by Gasteiger charge is 2.32. The van der Waals surface area contributed by atoms with Crippen molar-refractivity contribution in [2.24, 2.45) is 0 Å². The van der Waals surface area contributed by atoms with E-state index in [4.69, 9.17) is 4.74 Å². The molecule has 0 heterocycles. The van der Waals surface area contributed by atoms with Gasteiger partial charge in [0.1, 0.15) is 11.3 Å². The van der Waals surface area contributed by atoms with Gasteiger partial charge in [-0.05, 0) is 44.4 Å². The minimum atomic E-state index is -0.396. The molecule has 1 aromatic carbocycles. The summed E-state index contributed by atoms with van der Waals surface area (Å²) in [5, 5.41) is 12.7. The van der Waals surface area contributed by atoms with Crippen LogP contribution in [-0.2, 0) is 0 Å². The number of methoxy groups -OCH3 is 1. The molecule has 0 spiro atoms. The van der Waals surface area contributed by atoms with E-state index >= 15 is 0 Å². The Kier molecular flexibility index (Phi) is 4.73. The third kappa shape index (κ3) is 4.45. The molecular formula is C15H20N2OS. The summed E-state index contributed by atoms with van der Waals surface area (Å²) in [7, 11) is 1.68. The summed E-state index contributed by atoms with van der Waals surface area (Å²) in [5.41, 5.74) is -0.396. The number of nitriles is 1. The van der Waals surface area contributed by atoms with Crippen LogP contribution in [0.15, 0.2) is 29.2 Å². The highest BCUT2D eigenvalue weighted by molar-refractivity contribution is 7.99. The number of hydrogen-bond donors (Lipinski definition) is 1. The van der Waals surface area contributed by atoms with Gasteiger partial charge in [-0.2, -0.15) is 5.26 Å². The van der Waals surface area contributed by atoms with Crippen LogP contribution < -0.4 is 10.1 Å². The summed E-state index contributed by atoms with van der Waals surface area (Å²) in [6.45, 7) is 2.00. The molecule has 4 heteroatoms. The number of rotatable bonds is 7. The molecule has 0 aromatic heterocycles. The lowest BCUT2D eigenvalue weighted by molar-refractivity contribution is 0.413. The van der Waals surface area contributed by atoms with Crippen LogP contribution in [0.3, 0.4) is 0 Å². The lowest BCUT2D eigenvalue weighted by Crippen LogP contribution is -2.42. The first-order chi connectivity index (χ1) is 9.15. The van der Waals surface area contributed by atoms with Crippen LogP contribution in [0.25, 0.3) is 0 Å². The van der Waals surface area contributed by atoms with Gasteiger partial charge in [-0.15, -0.1) is 11.8 Å². The number of benzene rings is 1. The van der Waals surface area contributed by atoms with E-state index in [9.17, 15) is 5.26 Å². The Labute approximate surface area is 119 Å². The summed E-state index contributed by atoms with van der Waals surface area (Å²) in [6.07, 6.45) is 3.27. The quantitative estimate of drug-likeness (QED) is 0.777. The van der Waals surface area contributed by atoms with Gasteiger partial charge in [0, 0.05) is 16.7 Å². The zero-order chi connectivity index (χ0) is 13.7. The summed E-state index contributed by atoms with van der Waals surface area (Å²) >= 11 is 1.77. The average molecular weight is 276 g/mol. The summed E-state index contributed by atoms with van der Waals surface area (Å²) < 4.78 is 5.21. The van der Waals surface area contributed by atoms with Crippen molar-refractivity contribution in [1.82, 2.24) is 5.32 Å². The second-order valence-corrected chi connectivity index (χ2v) is 6.31. The largest absolute Gasteiger partial charge is 0.497 e. The zero-order valence-electron chi connectivity index (χ0n) is 11.5. The highest BCUT2D eigenvalue weighted by Crippen LogP contribution is 2.27.